The summed E-state index contributed by atoms with van der Waals surface area (Å²) in [5.41, 5.74) is 10.2. The van der Waals surface area contributed by atoms with E-state index < -0.39 is 0 Å². The lowest BCUT2D eigenvalue weighted by molar-refractivity contribution is 1.11. The summed E-state index contributed by atoms with van der Waals surface area (Å²) in [5.74, 6) is 0.916. The van der Waals surface area contributed by atoms with Gasteiger partial charge in [-0.3, -0.25) is 9.55 Å². The van der Waals surface area contributed by atoms with Crippen molar-refractivity contribution in [2.24, 2.45) is 0 Å². The maximum Gasteiger partial charge on any atom is 0.156 e. The molecule has 0 saturated heterocycles. The highest BCUT2D eigenvalue weighted by molar-refractivity contribution is 7.25. The van der Waals surface area contributed by atoms with Crippen LogP contribution in [0, 0.1) is 0 Å². The van der Waals surface area contributed by atoms with Crippen LogP contribution in [0.3, 0.4) is 0 Å². The SMILES string of the molecule is c1cnc2c(c1)sc1ccc(-n3c4ccccc4c4cc(-c5ccc6c(c5)c5ccccc5n6-c5cn6ccccc6n5)ccc43)cc12. The first-order valence-corrected chi connectivity index (χ1v) is 16.9. The molecule has 0 spiro atoms. The van der Waals surface area contributed by atoms with Crippen molar-refractivity contribution in [1.82, 2.24) is 23.5 Å². The van der Waals surface area contributed by atoms with Crippen LogP contribution in [0.5, 0.6) is 0 Å². The molecule has 5 nitrogen and oxygen atoms in total. The molecule has 6 heteroatoms. The number of para-hydroxylation sites is 2. The molecule has 11 aromatic rings. The molecule has 0 radical (unpaired) electrons. The summed E-state index contributed by atoms with van der Waals surface area (Å²) >= 11 is 1.80. The molecule has 48 heavy (non-hydrogen) atoms. The van der Waals surface area contributed by atoms with Crippen LogP contribution in [0.15, 0.2) is 152 Å². The fourth-order valence-electron chi connectivity index (χ4n) is 7.58. The first-order chi connectivity index (χ1) is 23.8. The van der Waals surface area contributed by atoms with Crippen molar-refractivity contribution >= 4 is 80.9 Å². The minimum absolute atomic E-state index is 0.916. The molecule has 0 atom stereocenters. The number of nitrogens with zero attached hydrogens (tertiary/aromatic N) is 5. The first-order valence-electron chi connectivity index (χ1n) is 16.1. The Morgan fingerprint density at radius 1 is 0.500 bits per heavy atom. The van der Waals surface area contributed by atoms with Crippen LogP contribution in [0.2, 0.25) is 0 Å². The van der Waals surface area contributed by atoms with Crippen LogP contribution in [-0.2, 0) is 0 Å². The van der Waals surface area contributed by atoms with Crippen LogP contribution in [-0.4, -0.2) is 23.5 Å². The van der Waals surface area contributed by atoms with Gasteiger partial charge in [0.15, 0.2) is 5.82 Å². The average molecular weight is 632 g/mol. The molecule has 0 bridgehead atoms. The van der Waals surface area contributed by atoms with Gasteiger partial charge in [-0.1, -0.05) is 54.6 Å². The minimum atomic E-state index is 0.916. The number of thiophene rings is 1. The second kappa shape index (κ2) is 9.64. The van der Waals surface area contributed by atoms with Crippen molar-refractivity contribution < 1.29 is 0 Å². The lowest BCUT2D eigenvalue weighted by Gasteiger charge is -2.09. The van der Waals surface area contributed by atoms with Crippen LogP contribution >= 0.6 is 11.3 Å². The fraction of sp³-hybridized carbons (Fsp3) is 0. The van der Waals surface area contributed by atoms with Gasteiger partial charge in [-0.15, -0.1) is 11.3 Å². The van der Waals surface area contributed by atoms with Crippen LogP contribution in [0.1, 0.15) is 0 Å². The minimum Gasteiger partial charge on any atom is -0.309 e. The van der Waals surface area contributed by atoms with Crippen LogP contribution in [0.25, 0.3) is 92.2 Å². The maximum absolute atomic E-state index is 4.98. The van der Waals surface area contributed by atoms with E-state index in [-0.39, 0.29) is 0 Å². The lowest BCUT2D eigenvalue weighted by atomic mass is 10.0. The van der Waals surface area contributed by atoms with E-state index in [1.54, 1.807) is 11.3 Å². The molecule has 0 unspecified atom stereocenters. The third-order valence-corrected chi connectivity index (χ3v) is 10.9. The number of fused-ring (bicyclic) bond motifs is 10. The highest BCUT2D eigenvalue weighted by atomic mass is 32.1. The second-order valence-electron chi connectivity index (χ2n) is 12.4. The number of imidazole rings is 1. The van der Waals surface area contributed by atoms with Gasteiger partial charge >= 0.3 is 0 Å². The highest BCUT2D eigenvalue weighted by Crippen LogP contribution is 2.40. The van der Waals surface area contributed by atoms with Crippen molar-refractivity contribution in [3.63, 3.8) is 0 Å². The predicted octanol–water partition coefficient (Wildman–Crippen LogP) is 11.0. The molecule has 0 aliphatic heterocycles. The Labute approximate surface area is 278 Å². The highest BCUT2D eigenvalue weighted by Gasteiger charge is 2.18. The summed E-state index contributed by atoms with van der Waals surface area (Å²) in [5, 5.41) is 6.12. The van der Waals surface area contributed by atoms with Gasteiger partial charge in [0.05, 0.1) is 38.5 Å². The van der Waals surface area contributed by atoms with E-state index in [0.29, 0.717) is 0 Å². The Bertz CT molecular complexity index is 3050. The number of hydrogen-bond donors (Lipinski definition) is 0. The monoisotopic (exact) mass is 631 g/mol. The molecule has 11 rings (SSSR count). The zero-order valence-corrected chi connectivity index (χ0v) is 26.4. The Kier molecular flexibility index (Phi) is 5.20. The molecule has 0 aliphatic rings. The molecule has 6 aromatic heterocycles. The van der Waals surface area contributed by atoms with Crippen molar-refractivity contribution in [3.05, 3.63) is 152 Å². The number of hydrogen-bond acceptors (Lipinski definition) is 3. The molecule has 6 heterocycles. The van der Waals surface area contributed by atoms with E-state index >= 15 is 0 Å². The molecule has 224 valence electrons. The van der Waals surface area contributed by atoms with E-state index in [9.17, 15) is 0 Å². The number of aromatic nitrogens is 5. The van der Waals surface area contributed by atoms with E-state index in [2.05, 4.69) is 129 Å². The van der Waals surface area contributed by atoms with E-state index in [1.807, 2.05) is 36.7 Å². The Morgan fingerprint density at radius 3 is 1.96 bits per heavy atom. The zero-order chi connectivity index (χ0) is 31.3. The molecule has 0 saturated carbocycles. The van der Waals surface area contributed by atoms with Crippen molar-refractivity contribution in [2.75, 3.05) is 0 Å². The third-order valence-electron chi connectivity index (χ3n) is 9.73. The molecular formula is C42H25N5S. The number of rotatable bonds is 3. The van der Waals surface area contributed by atoms with E-state index in [0.717, 1.165) is 33.7 Å². The van der Waals surface area contributed by atoms with Gasteiger partial charge in [-0.2, -0.15) is 0 Å². The third kappa shape index (κ3) is 3.60. The van der Waals surface area contributed by atoms with Gasteiger partial charge < -0.3 is 8.97 Å². The molecule has 0 amide bonds. The van der Waals surface area contributed by atoms with E-state index in [4.69, 9.17) is 9.97 Å². The molecule has 0 N–H and O–H groups in total. The van der Waals surface area contributed by atoms with Crippen molar-refractivity contribution in [1.29, 1.82) is 0 Å². The van der Waals surface area contributed by atoms with Crippen LogP contribution < -0.4 is 0 Å². The Morgan fingerprint density at radius 2 is 1.19 bits per heavy atom. The van der Waals surface area contributed by atoms with Gasteiger partial charge in [0.25, 0.3) is 0 Å². The Hall–Kier alpha value is -6.24. The molecule has 5 aromatic carbocycles. The maximum atomic E-state index is 4.98. The van der Waals surface area contributed by atoms with Gasteiger partial charge in [-0.25, -0.2) is 4.98 Å². The summed E-state index contributed by atoms with van der Waals surface area (Å²) in [6.45, 7) is 0. The summed E-state index contributed by atoms with van der Waals surface area (Å²) in [6, 6.07) is 48.2. The molecular weight excluding hydrogens is 607 g/mol. The summed E-state index contributed by atoms with van der Waals surface area (Å²) in [4.78, 5) is 9.70. The van der Waals surface area contributed by atoms with Gasteiger partial charge in [0, 0.05) is 49.7 Å². The quantitative estimate of drug-likeness (QED) is 0.195. The summed E-state index contributed by atoms with van der Waals surface area (Å²) < 4.78 is 9.23. The summed E-state index contributed by atoms with van der Waals surface area (Å²) in [6.07, 6.45) is 6.04. The second-order valence-corrected chi connectivity index (χ2v) is 13.5. The van der Waals surface area contributed by atoms with Gasteiger partial charge in [-0.05, 0) is 90.0 Å². The van der Waals surface area contributed by atoms with Crippen molar-refractivity contribution in [3.8, 4) is 22.6 Å². The molecule has 0 aliphatic carbocycles. The molecule has 0 fully saturated rings. The normalized spacial score (nSPS) is 12.2. The summed E-state index contributed by atoms with van der Waals surface area (Å²) in [7, 11) is 0. The van der Waals surface area contributed by atoms with Crippen LogP contribution in [0.4, 0.5) is 0 Å². The fourth-order valence-corrected chi connectivity index (χ4v) is 8.63. The Balaban J connectivity index is 1.10. The first kappa shape index (κ1) is 25.9. The van der Waals surface area contributed by atoms with Gasteiger partial charge in [0.1, 0.15) is 5.65 Å². The predicted molar refractivity (Wildman–Crippen MR) is 200 cm³/mol. The largest absolute Gasteiger partial charge is 0.309 e. The number of pyridine rings is 2. The standard InChI is InChI=1S/C42H25N5S/c1-3-10-34-29(8-1)31-22-26(14-17-36(31)46(34)28-16-19-38-33(24-28)42-39(48-38)12-7-20-43-42)27-15-18-37-32(23-27)30-9-2-4-11-35(30)47(37)41-25-45-21-6-5-13-40(45)44-41/h1-25H. The lowest BCUT2D eigenvalue weighted by Crippen LogP contribution is -1.94. The topological polar surface area (TPSA) is 40.0 Å². The van der Waals surface area contributed by atoms with Crippen molar-refractivity contribution in [2.45, 2.75) is 0 Å². The van der Waals surface area contributed by atoms with E-state index in [1.165, 1.54) is 58.5 Å². The van der Waals surface area contributed by atoms with Gasteiger partial charge in [0.2, 0.25) is 0 Å². The smallest absolute Gasteiger partial charge is 0.156 e. The number of benzene rings is 5. The average Bonchev–Trinajstić information content (AvgIpc) is 3.90. The zero-order valence-electron chi connectivity index (χ0n) is 25.6.